The maximum Gasteiger partial charge on any atom is 0.226 e. The zero-order valence-electron chi connectivity index (χ0n) is 14.0. The Balaban J connectivity index is 2.07. The number of carbonyl (C=O) groups is 2. The van der Waals surface area contributed by atoms with Crippen LogP contribution in [0.5, 0.6) is 0 Å². The monoisotopic (exact) mass is 360 g/mol. The van der Waals surface area contributed by atoms with E-state index in [4.69, 9.17) is 0 Å². The Bertz CT molecular complexity index is 846. The summed E-state index contributed by atoms with van der Waals surface area (Å²) in [6.07, 6.45) is 1.19. The summed E-state index contributed by atoms with van der Waals surface area (Å²) in [7, 11) is -3.28. The van der Waals surface area contributed by atoms with Gasteiger partial charge in [0.05, 0.1) is 17.4 Å². The minimum atomic E-state index is -3.28. The number of anilines is 1. The number of hydrogen-bond donors (Lipinski definition) is 2. The topological polar surface area (TPSA) is 92.3 Å². The average Bonchev–Trinajstić information content (AvgIpc) is 2.54. The maximum atomic E-state index is 12.3. The van der Waals surface area contributed by atoms with Gasteiger partial charge in [0.2, 0.25) is 11.8 Å². The van der Waals surface area contributed by atoms with Crippen molar-refractivity contribution < 1.29 is 18.0 Å². The van der Waals surface area contributed by atoms with Gasteiger partial charge in [-0.05, 0) is 29.8 Å². The summed E-state index contributed by atoms with van der Waals surface area (Å²) in [4.78, 5) is 23.9. The molecule has 0 heterocycles. The van der Waals surface area contributed by atoms with E-state index in [1.165, 1.54) is 31.2 Å². The molecule has 0 saturated carbocycles. The third-order valence-corrected chi connectivity index (χ3v) is 4.66. The predicted octanol–water partition coefficient (Wildman–Crippen LogP) is 2.30. The van der Waals surface area contributed by atoms with Crippen molar-refractivity contribution in [1.82, 2.24) is 5.32 Å². The molecular formula is C18H20N2O4S. The van der Waals surface area contributed by atoms with Gasteiger partial charge in [-0.3, -0.25) is 9.59 Å². The first-order chi connectivity index (χ1) is 11.8. The van der Waals surface area contributed by atoms with Gasteiger partial charge in [-0.25, -0.2) is 8.42 Å². The lowest BCUT2D eigenvalue weighted by Crippen LogP contribution is -2.29. The van der Waals surface area contributed by atoms with Crippen molar-refractivity contribution in [2.24, 2.45) is 0 Å². The van der Waals surface area contributed by atoms with Gasteiger partial charge in [-0.15, -0.1) is 0 Å². The zero-order valence-corrected chi connectivity index (χ0v) is 14.8. The standard InChI is InChI=1S/C18H20N2O4S/c1-13(21)19-17(14-6-4-3-5-7-14)12-18(22)20-15-8-10-16(11-9-15)25(2,23)24/h3-11,17H,12H2,1-2H3,(H,19,21)(H,20,22)/t17-/m1/s1. The van der Waals surface area contributed by atoms with Crippen LogP contribution in [0.1, 0.15) is 24.9 Å². The molecule has 0 fully saturated rings. The molecule has 132 valence electrons. The second-order valence-electron chi connectivity index (χ2n) is 5.71. The van der Waals surface area contributed by atoms with Gasteiger partial charge in [0.1, 0.15) is 0 Å². The van der Waals surface area contributed by atoms with E-state index in [-0.39, 0.29) is 23.1 Å². The van der Waals surface area contributed by atoms with E-state index in [1.807, 2.05) is 30.3 Å². The van der Waals surface area contributed by atoms with Crippen LogP contribution < -0.4 is 10.6 Å². The summed E-state index contributed by atoms with van der Waals surface area (Å²) < 4.78 is 22.9. The van der Waals surface area contributed by atoms with E-state index in [2.05, 4.69) is 10.6 Å². The van der Waals surface area contributed by atoms with Gasteiger partial charge < -0.3 is 10.6 Å². The molecule has 0 aliphatic heterocycles. The average molecular weight is 360 g/mol. The number of hydrogen-bond acceptors (Lipinski definition) is 4. The van der Waals surface area contributed by atoms with Gasteiger partial charge in [-0.2, -0.15) is 0 Å². The summed E-state index contributed by atoms with van der Waals surface area (Å²) >= 11 is 0. The molecular weight excluding hydrogens is 340 g/mol. The van der Waals surface area contributed by atoms with Crippen molar-refractivity contribution in [3.8, 4) is 0 Å². The first-order valence-corrected chi connectivity index (χ1v) is 9.57. The molecule has 0 aromatic heterocycles. The fourth-order valence-electron chi connectivity index (χ4n) is 2.37. The Labute approximate surface area is 147 Å². The molecule has 0 aliphatic rings. The predicted molar refractivity (Wildman–Crippen MR) is 95.8 cm³/mol. The minimum absolute atomic E-state index is 0.0669. The summed E-state index contributed by atoms with van der Waals surface area (Å²) in [5.74, 6) is -0.506. The van der Waals surface area contributed by atoms with Crippen LogP contribution in [0, 0.1) is 0 Å². The third kappa shape index (κ3) is 5.72. The Morgan fingerprint density at radius 3 is 2.12 bits per heavy atom. The maximum absolute atomic E-state index is 12.3. The smallest absolute Gasteiger partial charge is 0.226 e. The highest BCUT2D eigenvalue weighted by Crippen LogP contribution is 2.19. The molecule has 2 N–H and O–H groups in total. The molecule has 2 amide bonds. The highest BCUT2D eigenvalue weighted by atomic mass is 32.2. The summed E-state index contributed by atoms with van der Waals surface area (Å²) in [6, 6.07) is 14.7. The molecule has 7 heteroatoms. The van der Waals surface area contributed by atoms with Crippen molar-refractivity contribution in [3.63, 3.8) is 0 Å². The van der Waals surface area contributed by atoms with Crippen LogP contribution in [-0.4, -0.2) is 26.5 Å². The molecule has 2 aromatic carbocycles. The van der Waals surface area contributed by atoms with Gasteiger partial charge >= 0.3 is 0 Å². The lowest BCUT2D eigenvalue weighted by atomic mass is 10.0. The van der Waals surface area contributed by atoms with Crippen molar-refractivity contribution in [1.29, 1.82) is 0 Å². The highest BCUT2D eigenvalue weighted by molar-refractivity contribution is 7.90. The fraction of sp³-hybridized carbons (Fsp3) is 0.222. The lowest BCUT2D eigenvalue weighted by Gasteiger charge is -2.18. The molecule has 2 aromatic rings. The zero-order chi connectivity index (χ0) is 18.4. The van der Waals surface area contributed by atoms with Crippen LogP contribution >= 0.6 is 0 Å². The van der Waals surface area contributed by atoms with E-state index >= 15 is 0 Å². The van der Waals surface area contributed by atoms with E-state index < -0.39 is 15.9 Å². The number of rotatable bonds is 6. The lowest BCUT2D eigenvalue weighted by molar-refractivity contribution is -0.120. The van der Waals surface area contributed by atoms with Crippen molar-refractivity contribution in [2.45, 2.75) is 24.3 Å². The molecule has 2 rings (SSSR count). The van der Waals surface area contributed by atoms with Crippen LogP contribution in [-0.2, 0) is 19.4 Å². The van der Waals surface area contributed by atoms with Crippen LogP contribution in [0.3, 0.4) is 0 Å². The largest absolute Gasteiger partial charge is 0.349 e. The van der Waals surface area contributed by atoms with Gasteiger partial charge in [0.15, 0.2) is 9.84 Å². The first kappa shape index (κ1) is 18.7. The quantitative estimate of drug-likeness (QED) is 0.827. The number of carbonyl (C=O) groups excluding carboxylic acids is 2. The molecule has 6 nitrogen and oxygen atoms in total. The third-order valence-electron chi connectivity index (χ3n) is 3.54. The molecule has 0 unspecified atom stereocenters. The number of nitrogens with one attached hydrogen (secondary N) is 2. The Hall–Kier alpha value is -2.67. The van der Waals surface area contributed by atoms with Crippen molar-refractivity contribution in [3.05, 3.63) is 60.2 Å². The number of amides is 2. The normalized spacial score (nSPS) is 12.2. The van der Waals surface area contributed by atoms with E-state index in [0.29, 0.717) is 5.69 Å². The van der Waals surface area contributed by atoms with Crippen LogP contribution in [0.25, 0.3) is 0 Å². The Morgan fingerprint density at radius 2 is 1.60 bits per heavy atom. The van der Waals surface area contributed by atoms with Crippen LogP contribution in [0.2, 0.25) is 0 Å². The van der Waals surface area contributed by atoms with Crippen LogP contribution in [0.15, 0.2) is 59.5 Å². The second kappa shape index (κ2) is 7.94. The van der Waals surface area contributed by atoms with E-state index in [9.17, 15) is 18.0 Å². The molecule has 0 aliphatic carbocycles. The Morgan fingerprint density at radius 1 is 1.00 bits per heavy atom. The van der Waals surface area contributed by atoms with E-state index in [1.54, 1.807) is 0 Å². The first-order valence-electron chi connectivity index (χ1n) is 7.68. The molecule has 0 spiro atoms. The second-order valence-corrected chi connectivity index (χ2v) is 7.73. The van der Waals surface area contributed by atoms with E-state index in [0.717, 1.165) is 11.8 Å². The Kier molecular flexibility index (Phi) is 5.93. The molecule has 1 atom stereocenters. The summed E-state index contributed by atoms with van der Waals surface area (Å²) in [6.45, 7) is 1.40. The van der Waals surface area contributed by atoms with Gasteiger partial charge in [-0.1, -0.05) is 30.3 Å². The summed E-state index contributed by atoms with van der Waals surface area (Å²) in [5, 5.41) is 5.47. The fourth-order valence-corrected chi connectivity index (χ4v) is 3.00. The van der Waals surface area contributed by atoms with Gasteiger partial charge in [0, 0.05) is 18.9 Å². The van der Waals surface area contributed by atoms with Gasteiger partial charge in [0.25, 0.3) is 0 Å². The van der Waals surface area contributed by atoms with Crippen molar-refractivity contribution in [2.75, 3.05) is 11.6 Å². The molecule has 0 saturated heterocycles. The SMILES string of the molecule is CC(=O)N[C@H](CC(=O)Nc1ccc(S(C)(=O)=O)cc1)c1ccccc1. The minimum Gasteiger partial charge on any atom is -0.349 e. The number of benzene rings is 2. The van der Waals surface area contributed by atoms with Crippen LogP contribution in [0.4, 0.5) is 5.69 Å². The molecule has 0 bridgehead atoms. The molecule has 0 radical (unpaired) electrons. The number of sulfone groups is 1. The van der Waals surface area contributed by atoms with Crippen molar-refractivity contribution >= 4 is 27.3 Å². The summed E-state index contributed by atoms with van der Waals surface area (Å²) in [5.41, 5.74) is 1.33. The highest BCUT2D eigenvalue weighted by Gasteiger charge is 2.17. The molecule has 25 heavy (non-hydrogen) atoms.